The van der Waals surface area contributed by atoms with Gasteiger partial charge in [-0.25, -0.2) is 18.9 Å². The van der Waals surface area contributed by atoms with Crippen molar-refractivity contribution in [3.8, 4) is 11.8 Å². The van der Waals surface area contributed by atoms with Gasteiger partial charge < -0.3 is 4.74 Å². The Morgan fingerprint density at radius 1 is 1.40 bits per heavy atom. The lowest BCUT2D eigenvalue weighted by Crippen LogP contribution is -2.88. The lowest BCUT2D eigenvalue weighted by Gasteiger charge is -2.12. The molecule has 0 aromatic heterocycles. The van der Waals surface area contributed by atoms with Gasteiger partial charge in [0, 0.05) is 5.02 Å². The smallest absolute Gasteiger partial charge is 0.386 e. The van der Waals surface area contributed by atoms with E-state index in [4.69, 9.17) is 21.6 Å². The Hall–Kier alpha value is -2.30. The molecule has 1 heterocycles. The van der Waals surface area contributed by atoms with Crippen molar-refractivity contribution in [2.24, 2.45) is 4.99 Å². The largest absolute Gasteiger partial charge is 0.446 e. The number of benzene rings is 1. The molecule has 0 saturated carbocycles. The number of alkyl halides is 2. The minimum Gasteiger partial charge on any atom is -0.446 e. The van der Waals surface area contributed by atoms with E-state index in [0.717, 1.165) is 11.7 Å². The zero-order valence-corrected chi connectivity index (χ0v) is 10.6. The van der Waals surface area contributed by atoms with Crippen molar-refractivity contribution < 1.29 is 23.6 Å². The van der Waals surface area contributed by atoms with Crippen LogP contribution in [-0.2, 0) is 4.79 Å². The summed E-state index contributed by atoms with van der Waals surface area (Å²) in [4.78, 5) is 15.0. The first kappa shape index (κ1) is 14.1. The lowest BCUT2D eigenvalue weighted by molar-refractivity contribution is -0.442. The zero-order chi connectivity index (χ0) is 14.7. The number of halogens is 3. The van der Waals surface area contributed by atoms with Crippen molar-refractivity contribution in [1.82, 2.24) is 0 Å². The van der Waals surface area contributed by atoms with Gasteiger partial charge in [0.25, 0.3) is 12.2 Å². The highest BCUT2D eigenvalue weighted by Crippen LogP contribution is 2.25. The third-order valence-electron chi connectivity index (χ3n) is 2.32. The number of nitrogens with zero attached hydrogens (tertiary/aromatic N) is 2. The van der Waals surface area contributed by atoms with Gasteiger partial charge in [-0.05, 0) is 18.2 Å². The van der Waals surface area contributed by atoms with E-state index in [1.807, 2.05) is 6.07 Å². The Morgan fingerprint density at radius 2 is 2.15 bits per heavy atom. The Morgan fingerprint density at radius 3 is 2.80 bits per heavy atom. The molecular weight excluding hydrogens is 292 g/mol. The van der Waals surface area contributed by atoms with Crippen LogP contribution in [0.15, 0.2) is 34.6 Å². The number of nitrogens with two attached hydrogens (primary N) is 1. The number of aliphatic imine (C=N–C) groups is 1. The van der Waals surface area contributed by atoms with E-state index in [1.54, 1.807) is 0 Å². The maximum atomic E-state index is 12.8. The number of nitriles is 1. The quantitative estimate of drug-likeness (QED) is 0.910. The number of allylic oxidation sites excluding steroid dienone is 1. The highest BCUT2D eigenvalue weighted by atomic mass is 35.5. The molecule has 0 fully saturated rings. The predicted octanol–water partition coefficient (Wildman–Crippen LogP) is 1.20. The maximum Gasteiger partial charge on any atom is 0.386 e. The number of carbonyl (C=O) groups excluding carboxylic acids is 1. The summed E-state index contributed by atoms with van der Waals surface area (Å²) in [7, 11) is 0. The average molecular weight is 299 g/mol. The minimum atomic E-state index is -2.95. The lowest BCUT2D eigenvalue weighted by atomic mass is 10.2. The Kier molecular flexibility index (Phi) is 4.08. The number of hydrogen-bond acceptors (Lipinski definition) is 4. The van der Waals surface area contributed by atoms with Gasteiger partial charge in [-0.2, -0.15) is 10.3 Å². The van der Waals surface area contributed by atoms with Crippen LogP contribution in [0, 0.1) is 11.3 Å². The topological polar surface area (TPSA) is 79.1 Å². The molecule has 0 spiro atoms. The number of hydrogen-bond donors (Lipinski definition) is 1. The molecule has 1 aromatic rings. The molecule has 0 atom stereocenters. The number of primary amides is 1. The van der Waals surface area contributed by atoms with E-state index >= 15 is 0 Å². The molecule has 5 nitrogen and oxygen atoms in total. The number of rotatable bonds is 3. The Bertz CT molecular complexity index is 665. The molecule has 20 heavy (non-hydrogen) atoms. The Labute approximate surface area is 117 Å². The van der Waals surface area contributed by atoms with Crippen LogP contribution in [0.4, 0.5) is 8.78 Å². The van der Waals surface area contributed by atoms with Crippen molar-refractivity contribution >= 4 is 23.8 Å². The van der Waals surface area contributed by atoms with Gasteiger partial charge in [0.2, 0.25) is 0 Å². The normalized spacial score (nSPS) is 14.7. The van der Waals surface area contributed by atoms with Crippen molar-refractivity contribution in [1.29, 1.82) is 5.26 Å². The molecule has 1 aromatic carbocycles. The number of carbonyl (C=O) groups is 1. The first-order valence-corrected chi connectivity index (χ1v) is 5.71. The maximum absolute atomic E-state index is 12.8. The van der Waals surface area contributed by atoms with Crippen LogP contribution in [0.25, 0.3) is 0 Å². The molecule has 0 bridgehead atoms. The summed E-state index contributed by atoms with van der Waals surface area (Å²) in [5.41, 5.74) is -0.571. The molecule has 0 radical (unpaired) electrons. The molecule has 2 rings (SSSR count). The van der Waals surface area contributed by atoms with Gasteiger partial charge in [0.05, 0.1) is 11.6 Å². The zero-order valence-electron chi connectivity index (χ0n) is 9.81. The van der Waals surface area contributed by atoms with Gasteiger partial charge >= 0.3 is 5.91 Å². The third kappa shape index (κ3) is 2.99. The third-order valence-corrected chi connectivity index (χ3v) is 2.54. The highest BCUT2D eigenvalue weighted by Gasteiger charge is 2.30. The summed E-state index contributed by atoms with van der Waals surface area (Å²) < 4.78 is 30.7. The summed E-state index contributed by atoms with van der Waals surface area (Å²) in [6.07, 6.45) is -1.97. The van der Waals surface area contributed by atoms with Crippen molar-refractivity contribution in [2.45, 2.75) is 6.43 Å². The van der Waals surface area contributed by atoms with E-state index in [1.165, 1.54) is 18.2 Å². The van der Waals surface area contributed by atoms with Gasteiger partial charge in [0.1, 0.15) is 5.75 Å². The van der Waals surface area contributed by atoms with E-state index in [9.17, 15) is 13.6 Å². The van der Waals surface area contributed by atoms with Crippen molar-refractivity contribution in [3.05, 3.63) is 40.2 Å². The molecule has 0 unspecified atom stereocenters. The second kappa shape index (κ2) is 5.77. The fraction of sp³-hybridized carbons (Fsp3) is 0.0833. The average Bonchev–Trinajstić information content (AvgIpc) is 2.40. The predicted molar refractivity (Wildman–Crippen MR) is 65.2 cm³/mol. The first-order valence-electron chi connectivity index (χ1n) is 5.34. The van der Waals surface area contributed by atoms with Crippen LogP contribution in [0.5, 0.6) is 5.75 Å². The molecule has 0 saturated heterocycles. The summed E-state index contributed by atoms with van der Waals surface area (Å²) in [6, 6.07) is 5.81. The molecule has 0 aliphatic carbocycles. The van der Waals surface area contributed by atoms with Crippen LogP contribution in [0.1, 0.15) is 5.56 Å². The number of ether oxygens (including phenoxy) is 1. The van der Waals surface area contributed by atoms with Crippen molar-refractivity contribution in [2.75, 3.05) is 0 Å². The second-order valence-corrected chi connectivity index (χ2v) is 4.15. The van der Waals surface area contributed by atoms with Crippen LogP contribution >= 0.6 is 11.6 Å². The minimum absolute atomic E-state index is 0.0149. The molecule has 102 valence electrons. The summed E-state index contributed by atoms with van der Waals surface area (Å²) >= 11 is 5.76. The molecular formula is C12H7ClF2N3O2+. The van der Waals surface area contributed by atoms with Crippen molar-refractivity contribution in [3.63, 3.8) is 0 Å². The molecule has 2 N–H and O–H groups in total. The van der Waals surface area contributed by atoms with E-state index < -0.39 is 23.8 Å². The van der Waals surface area contributed by atoms with Crippen LogP contribution < -0.4 is 10.1 Å². The summed E-state index contributed by atoms with van der Waals surface area (Å²) in [6.45, 7) is 0. The number of amides is 1. The van der Waals surface area contributed by atoms with E-state index in [0.29, 0.717) is 0 Å². The van der Waals surface area contributed by atoms with E-state index in [-0.39, 0.29) is 16.3 Å². The van der Waals surface area contributed by atoms with E-state index in [2.05, 4.69) is 4.99 Å². The fourth-order valence-corrected chi connectivity index (χ4v) is 1.73. The molecule has 1 aliphatic rings. The molecule has 8 heteroatoms. The van der Waals surface area contributed by atoms with Crippen LogP contribution in [0.3, 0.4) is 0 Å². The number of quaternary nitrogens is 1. The van der Waals surface area contributed by atoms with Gasteiger partial charge in [-0.3, -0.25) is 0 Å². The van der Waals surface area contributed by atoms with Crippen LogP contribution in [0.2, 0.25) is 5.02 Å². The van der Waals surface area contributed by atoms with Gasteiger partial charge in [0.15, 0.2) is 12.0 Å². The molecule has 1 aliphatic heterocycles. The first-order chi connectivity index (χ1) is 9.51. The monoisotopic (exact) mass is 298 g/mol. The summed E-state index contributed by atoms with van der Waals surface area (Å²) in [5, 5.41) is 9.99. The molecule has 1 amide bonds. The van der Waals surface area contributed by atoms with Gasteiger partial charge in [-0.15, -0.1) is 0 Å². The van der Waals surface area contributed by atoms with Gasteiger partial charge in [-0.1, -0.05) is 11.6 Å². The standard InChI is InChI=1S/C12H6ClF2N3O2/c13-7-1-6(4-16)2-8(3-7)20-10-9(11(14)15)17-5-18-12(10)19/h1-3,5,11H,(H,17,18,19)/p+1. The second-order valence-electron chi connectivity index (χ2n) is 3.71. The Balaban J connectivity index is 2.41. The fourth-order valence-electron chi connectivity index (χ4n) is 1.51. The SMILES string of the molecule is N#Cc1cc(Cl)cc(OC2=C(C(F)F)N=C[NH2+]C2=O)c1. The highest BCUT2D eigenvalue weighted by molar-refractivity contribution is 6.30. The van der Waals surface area contributed by atoms with Crippen LogP contribution in [-0.4, -0.2) is 18.7 Å². The summed E-state index contributed by atoms with van der Waals surface area (Å²) in [5.74, 6) is -1.29.